The Morgan fingerprint density at radius 2 is 1.96 bits per heavy atom. The molecule has 5 nitrogen and oxygen atoms in total. The van der Waals surface area contributed by atoms with E-state index in [1.807, 2.05) is 43.3 Å². The molecule has 1 saturated heterocycles. The fourth-order valence-electron chi connectivity index (χ4n) is 3.19. The summed E-state index contributed by atoms with van der Waals surface area (Å²) in [4.78, 5) is 12.5. The van der Waals surface area contributed by atoms with Crippen LogP contribution in [-0.2, 0) is 9.47 Å². The Bertz CT molecular complexity index is 728. The highest BCUT2D eigenvalue weighted by Crippen LogP contribution is 2.20. The van der Waals surface area contributed by atoms with Gasteiger partial charge in [-0.25, -0.2) is 0 Å². The van der Waals surface area contributed by atoms with Gasteiger partial charge in [0.1, 0.15) is 12.4 Å². The van der Waals surface area contributed by atoms with Crippen molar-refractivity contribution in [1.82, 2.24) is 5.32 Å². The average Bonchev–Trinajstić information content (AvgIpc) is 3.26. The van der Waals surface area contributed by atoms with E-state index in [4.69, 9.17) is 14.2 Å². The van der Waals surface area contributed by atoms with Crippen molar-refractivity contribution in [1.29, 1.82) is 0 Å². The van der Waals surface area contributed by atoms with Crippen molar-refractivity contribution < 1.29 is 19.0 Å². The third-order valence-electron chi connectivity index (χ3n) is 4.82. The number of nitrogens with one attached hydrogen (secondary N) is 1. The molecule has 5 heteroatoms. The van der Waals surface area contributed by atoms with E-state index in [9.17, 15) is 4.79 Å². The molecule has 2 unspecified atom stereocenters. The van der Waals surface area contributed by atoms with Crippen LogP contribution >= 0.6 is 0 Å². The van der Waals surface area contributed by atoms with Crippen molar-refractivity contribution >= 4 is 5.91 Å². The van der Waals surface area contributed by atoms with Crippen LogP contribution in [0, 0.1) is 0 Å². The minimum absolute atomic E-state index is 0.0452. The average molecular weight is 383 g/mol. The molecule has 150 valence electrons. The molecule has 3 rings (SSSR count). The summed E-state index contributed by atoms with van der Waals surface area (Å²) in [6.07, 6.45) is 3.00. The first-order chi connectivity index (χ1) is 13.7. The van der Waals surface area contributed by atoms with E-state index >= 15 is 0 Å². The minimum atomic E-state index is -0.126. The summed E-state index contributed by atoms with van der Waals surface area (Å²) in [5, 5.41) is 2.95. The largest absolute Gasteiger partial charge is 0.490 e. The smallest absolute Gasteiger partial charge is 0.255 e. The first-order valence-corrected chi connectivity index (χ1v) is 10.0. The van der Waals surface area contributed by atoms with Gasteiger partial charge in [0, 0.05) is 19.8 Å². The number of ether oxygens (including phenoxy) is 3. The van der Waals surface area contributed by atoms with Crippen LogP contribution in [0.3, 0.4) is 0 Å². The van der Waals surface area contributed by atoms with Gasteiger partial charge < -0.3 is 19.5 Å². The molecule has 1 aliphatic heterocycles. The Labute approximate surface area is 167 Å². The van der Waals surface area contributed by atoms with Crippen molar-refractivity contribution in [2.75, 3.05) is 26.4 Å². The molecule has 0 aliphatic carbocycles. The van der Waals surface area contributed by atoms with Crippen molar-refractivity contribution in [2.45, 2.75) is 38.4 Å². The zero-order valence-electron chi connectivity index (χ0n) is 16.4. The summed E-state index contributed by atoms with van der Waals surface area (Å²) in [6.45, 7) is 4.46. The topological polar surface area (TPSA) is 56.8 Å². The van der Waals surface area contributed by atoms with Crippen LogP contribution in [0.25, 0.3) is 0 Å². The zero-order chi connectivity index (χ0) is 19.6. The van der Waals surface area contributed by atoms with Crippen molar-refractivity contribution in [2.24, 2.45) is 0 Å². The summed E-state index contributed by atoms with van der Waals surface area (Å²) in [5.41, 5.74) is 1.71. The molecule has 1 heterocycles. The standard InChI is InChI=1S/C23H29NO4/c1-18(19-9-3-2-4-10-19)26-16-8-14-24-23(25)21-12-5-6-13-22(21)28-17-20-11-7-15-27-20/h2-6,9-10,12-13,18,20H,7-8,11,14-17H2,1H3,(H,24,25). The van der Waals surface area contributed by atoms with Gasteiger partial charge in [0.25, 0.3) is 5.91 Å². The lowest BCUT2D eigenvalue weighted by atomic mass is 10.1. The number of rotatable bonds is 10. The number of hydrogen-bond donors (Lipinski definition) is 1. The van der Waals surface area contributed by atoms with Gasteiger partial charge in [-0.15, -0.1) is 0 Å². The Hall–Kier alpha value is -2.37. The van der Waals surface area contributed by atoms with Gasteiger partial charge in [-0.3, -0.25) is 4.79 Å². The molecular formula is C23H29NO4. The zero-order valence-corrected chi connectivity index (χ0v) is 16.4. The fourth-order valence-corrected chi connectivity index (χ4v) is 3.19. The monoisotopic (exact) mass is 383 g/mol. The molecule has 1 fully saturated rings. The SMILES string of the molecule is CC(OCCCNC(=O)c1ccccc1OCC1CCCO1)c1ccccc1. The van der Waals surface area contributed by atoms with Gasteiger partial charge in [-0.05, 0) is 43.9 Å². The van der Waals surface area contributed by atoms with Gasteiger partial charge in [0.2, 0.25) is 0 Å². The van der Waals surface area contributed by atoms with Crippen molar-refractivity contribution in [3.8, 4) is 5.75 Å². The van der Waals surface area contributed by atoms with E-state index in [-0.39, 0.29) is 18.1 Å². The Morgan fingerprint density at radius 1 is 1.18 bits per heavy atom. The van der Waals surface area contributed by atoms with E-state index in [1.54, 1.807) is 6.07 Å². The van der Waals surface area contributed by atoms with Gasteiger partial charge in [-0.2, -0.15) is 0 Å². The van der Waals surface area contributed by atoms with Gasteiger partial charge >= 0.3 is 0 Å². The second kappa shape index (κ2) is 10.8. The number of benzene rings is 2. The minimum Gasteiger partial charge on any atom is -0.490 e. The van der Waals surface area contributed by atoms with E-state index in [2.05, 4.69) is 17.4 Å². The van der Waals surface area contributed by atoms with Gasteiger partial charge in [-0.1, -0.05) is 42.5 Å². The maximum Gasteiger partial charge on any atom is 0.255 e. The summed E-state index contributed by atoms with van der Waals surface area (Å²) in [5.74, 6) is 0.475. The predicted molar refractivity (Wildman–Crippen MR) is 109 cm³/mol. The Balaban J connectivity index is 1.39. The first kappa shape index (κ1) is 20.4. The van der Waals surface area contributed by atoms with Crippen LogP contribution in [0.5, 0.6) is 5.75 Å². The summed E-state index contributed by atoms with van der Waals surface area (Å²) in [7, 11) is 0. The molecule has 0 bridgehead atoms. The fraction of sp³-hybridized carbons (Fsp3) is 0.435. The van der Waals surface area contributed by atoms with Gasteiger partial charge in [0.15, 0.2) is 0 Å². The number of carbonyl (C=O) groups excluding carboxylic acids is 1. The molecule has 2 atom stereocenters. The molecule has 2 aromatic rings. The molecular weight excluding hydrogens is 354 g/mol. The molecule has 2 aromatic carbocycles. The summed E-state index contributed by atoms with van der Waals surface area (Å²) in [6, 6.07) is 17.5. The predicted octanol–water partition coefficient (Wildman–Crippen LogP) is 4.14. The highest BCUT2D eigenvalue weighted by Gasteiger charge is 2.18. The van der Waals surface area contributed by atoms with Crippen LogP contribution in [0.4, 0.5) is 0 Å². The highest BCUT2D eigenvalue weighted by atomic mass is 16.5. The lowest BCUT2D eigenvalue weighted by Crippen LogP contribution is -2.26. The maximum atomic E-state index is 12.5. The molecule has 0 radical (unpaired) electrons. The Kier molecular flexibility index (Phi) is 7.88. The molecule has 1 aliphatic rings. The molecule has 0 saturated carbocycles. The lowest BCUT2D eigenvalue weighted by Gasteiger charge is -2.15. The van der Waals surface area contributed by atoms with E-state index in [1.165, 1.54) is 0 Å². The number of amides is 1. The number of para-hydroxylation sites is 1. The van der Waals surface area contributed by atoms with Crippen molar-refractivity contribution in [3.05, 3.63) is 65.7 Å². The molecule has 0 spiro atoms. The first-order valence-electron chi connectivity index (χ1n) is 10.0. The van der Waals surface area contributed by atoms with Crippen LogP contribution in [0.15, 0.2) is 54.6 Å². The normalized spacial score (nSPS) is 17.2. The second-order valence-electron chi connectivity index (χ2n) is 6.98. The quantitative estimate of drug-likeness (QED) is 0.627. The highest BCUT2D eigenvalue weighted by molar-refractivity contribution is 5.96. The molecule has 1 N–H and O–H groups in total. The van der Waals surface area contributed by atoms with Crippen LogP contribution in [-0.4, -0.2) is 38.4 Å². The van der Waals surface area contributed by atoms with Crippen LogP contribution in [0.2, 0.25) is 0 Å². The van der Waals surface area contributed by atoms with E-state index < -0.39 is 0 Å². The molecule has 28 heavy (non-hydrogen) atoms. The van der Waals surface area contributed by atoms with E-state index in [0.29, 0.717) is 31.1 Å². The summed E-state index contributed by atoms with van der Waals surface area (Å²) >= 11 is 0. The molecule has 0 aromatic heterocycles. The summed E-state index contributed by atoms with van der Waals surface area (Å²) < 4.78 is 17.3. The third kappa shape index (κ3) is 6.08. The van der Waals surface area contributed by atoms with Crippen molar-refractivity contribution in [3.63, 3.8) is 0 Å². The van der Waals surface area contributed by atoms with Gasteiger partial charge in [0.05, 0.1) is 17.8 Å². The number of hydrogen-bond acceptors (Lipinski definition) is 4. The lowest BCUT2D eigenvalue weighted by molar-refractivity contribution is 0.0631. The second-order valence-corrected chi connectivity index (χ2v) is 6.98. The maximum absolute atomic E-state index is 12.5. The van der Waals surface area contributed by atoms with Crippen LogP contribution < -0.4 is 10.1 Å². The third-order valence-corrected chi connectivity index (χ3v) is 4.82. The van der Waals surface area contributed by atoms with Crippen LogP contribution in [0.1, 0.15) is 48.2 Å². The molecule has 1 amide bonds. The number of carbonyl (C=O) groups is 1. The Morgan fingerprint density at radius 3 is 2.75 bits per heavy atom. The van der Waals surface area contributed by atoms with E-state index in [0.717, 1.165) is 31.4 Å².